The van der Waals surface area contributed by atoms with Crippen LogP contribution in [0, 0.1) is 0 Å². The van der Waals surface area contributed by atoms with Gasteiger partial charge in [-0.2, -0.15) is 0 Å². The SMILES string of the molecule is CC1(N)CC(F)CN(C(=O)OCc2ccccc2)C1. The van der Waals surface area contributed by atoms with Crippen LogP contribution in [0.3, 0.4) is 0 Å². The molecule has 1 saturated heterocycles. The number of hydrogen-bond acceptors (Lipinski definition) is 3. The van der Waals surface area contributed by atoms with Crippen LogP contribution in [0.1, 0.15) is 18.9 Å². The van der Waals surface area contributed by atoms with Crippen LogP contribution in [0.5, 0.6) is 0 Å². The number of hydrogen-bond donors (Lipinski definition) is 1. The Morgan fingerprint density at radius 1 is 1.53 bits per heavy atom. The van der Waals surface area contributed by atoms with Crippen LogP contribution in [0.4, 0.5) is 9.18 Å². The number of amides is 1. The average molecular weight is 266 g/mol. The molecule has 1 aliphatic rings. The predicted octanol–water partition coefficient (Wildman–Crippen LogP) is 2.08. The van der Waals surface area contributed by atoms with Crippen molar-refractivity contribution in [3.8, 4) is 0 Å². The van der Waals surface area contributed by atoms with Crippen molar-refractivity contribution >= 4 is 6.09 Å². The van der Waals surface area contributed by atoms with Crippen molar-refractivity contribution in [1.29, 1.82) is 0 Å². The lowest BCUT2D eigenvalue weighted by Crippen LogP contribution is -2.57. The van der Waals surface area contributed by atoms with E-state index in [1.54, 1.807) is 6.92 Å². The summed E-state index contributed by atoms with van der Waals surface area (Å²) >= 11 is 0. The molecule has 2 N–H and O–H groups in total. The van der Waals surface area contributed by atoms with Gasteiger partial charge in [-0.3, -0.25) is 0 Å². The van der Waals surface area contributed by atoms with Crippen LogP contribution in [0.2, 0.25) is 0 Å². The van der Waals surface area contributed by atoms with Gasteiger partial charge in [0.2, 0.25) is 0 Å². The molecular formula is C14H19FN2O2. The highest BCUT2D eigenvalue weighted by Crippen LogP contribution is 2.21. The van der Waals surface area contributed by atoms with Gasteiger partial charge in [-0.1, -0.05) is 30.3 Å². The van der Waals surface area contributed by atoms with Crippen LogP contribution >= 0.6 is 0 Å². The number of carbonyl (C=O) groups is 1. The number of alkyl halides is 1. The molecule has 1 aromatic carbocycles. The Kier molecular flexibility index (Phi) is 4.04. The number of piperidine rings is 1. The Hall–Kier alpha value is -1.62. The number of halogens is 1. The zero-order chi connectivity index (χ0) is 13.9. The molecule has 0 aliphatic carbocycles. The molecule has 0 radical (unpaired) electrons. The molecule has 1 aliphatic heterocycles. The highest BCUT2D eigenvalue weighted by atomic mass is 19.1. The molecule has 2 unspecified atom stereocenters. The quantitative estimate of drug-likeness (QED) is 0.891. The fourth-order valence-corrected chi connectivity index (χ4v) is 2.32. The van der Waals surface area contributed by atoms with Gasteiger partial charge in [-0.05, 0) is 18.9 Å². The van der Waals surface area contributed by atoms with E-state index in [1.165, 1.54) is 4.90 Å². The van der Waals surface area contributed by atoms with Gasteiger partial charge in [-0.25, -0.2) is 9.18 Å². The van der Waals surface area contributed by atoms with Crippen LogP contribution in [0.25, 0.3) is 0 Å². The highest BCUT2D eigenvalue weighted by molar-refractivity contribution is 5.68. The van der Waals surface area contributed by atoms with E-state index in [0.29, 0.717) is 6.54 Å². The van der Waals surface area contributed by atoms with Gasteiger partial charge in [0.1, 0.15) is 12.8 Å². The predicted molar refractivity (Wildman–Crippen MR) is 70.3 cm³/mol. The molecule has 2 rings (SSSR count). The van der Waals surface area contributed by atoms with Gasteiger partial charge < -0.3 is 15.4 Å². The third-order valence-electron chi connectivity index (χ3n) is 3.12. The molecular weight excluding hydrogens is 247 g/mol. The lowest BCUT2D eigenvalue weighted by Gasteiger charge is -2.38. The van der Waals surface area contributed by atoms with Crippen molar-refractivity contribution in [2.45, 2.75) is 31.7 Å². The summed E-state index contributed by atoms with van der Waals surface area (Å²) in [6, 6.07) is 9.38. The summed E-state index contributed by atoms with van der Waals surface area (Å²) in [6.07, 6.45) is -1.33. The summed E-state index contributed by atoms with van der Waals surface area (Å²) in [7, 11) is 0. The van der Waals surface area contributed by atoms with E-state index in [1.807, 2.05) is 30.3 Å². The third-order valence-corrected chi connectivity index (χ3v) is 3.12. The number of rotatable bonds is 2. The summed E-state index contributed by atoms with van der Waals surface area (Å²) in [5.41, 5.74) is 6.13. The topological polar surface area (TPSA) is 55.6 Å². The van der Waals surface area contributed by atoms with E-state index < -0.39 is 17.8 Å². The summed E-state index contributed by atoms with van der Waals surface area (Å²) < 4.78 is 18.7. The Balaban J connectivity index is 1.89. The second kappa shape index (κ2) is 5.57. The Bertz CT molecular complexity index is 436. The maximum atomic E-state index is 13.5. The first-order valence-electron chi connectivity index (χ1n) is 6.35. The minimum atomic E-state index is -1.09. The summed E-state index contributed by atoms with van der Waals surface area (Å²) in [5.74, 6) is 0. The molecule has 1 fully saturated rings. The normalized spacial score (nSPS) is 27.1. The molecule has 104 valence electrons. The van der Waals surface area contributed by atoms with E-state index in [4.69, 9.17) is 10.5 Å². The van der Waals surface area contributed by atoms with E-state index in [-0.39, 0.29) is 19.6 Å². The van der Waals surface area contributed by atoms with E-state index >= 15 is 0 Å². The molecule has 0 saturated carbocycles. The average Bonchev–Trinajstić information content (AvgIpc) is 2.34. The maximum absolute atomic E-state index is 13.5. The Labute approximate surface area is 112 Å². The molecule has 4 nitrogen and oxygen atoms in total. The monoisotopic (exact) mass is 266 g/mol. The van der Waals surface area contributed by atoms with Crippen LogP contribution < -0.4 is 5.73 Å². The largest absolute Gasteiger partial charge is 0.445 e. The van der Waals surface area contributed by atoms with Gasteiger partial charge in [0, 0.05) is 12.1 Å². The lowest BCUT2D eigenvalue weighted by atomic mass is 9.91. The molecule has 0 spiro atoms. The number of ether oxygens (including phenoxy) is 1. The number of carbonyl (C=O) groups excluding carboxylic acids is 1. The molecule has 0 bridgehead atoms. The smallest absolute Gasteiger partial charge is 0.410 e. The van der Waals surface area contributed by atoms with Crippen LogP contribution in [-0.2, 0) is 11.3 Å². The first-order chi connectivity index (χ1) is 8.96. The number of nitrogens with two attached hydrogens (primary N) is 1. The van der Waals surface area contributed by atoms with Crippen LogP contribution in [0.15, 0.2) is 30.3 Å². The summed E-state index contributed by atoms with van der Waals surface area (Å²) in [4.78, 5) is 13.2. The number of benzene rings is 1. The van der Waals surface area contributed by atoms with Gasteiger partial charge >= 0.3 is 6.09 Å². The maximum Gasteiger partial charge on any atom is 0.410 e. The number of nitrogens with zero attached hydrogens (tertiary/aromatic N) is 1. The Morgan fingerprint density at radius 2 is 2.21 bits per heavy atom. The van der Waals surface area contributed by atoms with Crippen molar-refractivity contribution in [1.82, 2.24) is 4.90 Å². The van der Waals surface area contributed by atoms with Gasteiger partial charge in [0.25, 0.3) is 0 Å². The van der Waals surface area contributed by atoms with Gasteiger partial charge in [-0.15, -0.1) is 0 Å². The second-order valence-corrected chi connectivity index (χ2v) is 5.38. The summed E-state index contributed by atoms with van der Waals surface area (Å²) in [5, 5.41) is 0. The lowest BCUT2D eigenvalue weighted by molar-refractivity contribution is 0.0505. The van der Waals surface area contributed by atoms with E-state index in [9.17, 15) is 9.18 Å². The molecule has 1 heterocycles. The van der Waals surface area contributed by atoms with E-state index in [2.05, 4.69) is 0 Å². The highest BCUT2D eigenvalue weighted by Gasteiger charge is 2.36. The first-order valence-corrected chi connectivity index (χ1v) is 6.35. The molecule has 1 amide bonds. The molecule has 19 heavy (non-hydrogen) atoms. The van der Waals surface area contributed by atoms with Crippen molar-refractivity contribution < 1.29 is 13.9 Å². The molecule has 5 heteroatoms. The zero-order valence-corrected chi connectivity index (χ0v) is 11.0. The van der Waals surface area contributed by atoms with Gasteiger partial charge in [0.05, 0.1) is 6.54 Å². The van der Waals surface area contributed by atoms with Crippen molar-refractivity contribution in [2.24, 2.45) is 5.73 Å². The van der Waals surface area contributed by atoms with Gasteiger partial charge in [0.15, 0.2) is 0 Å². The fraction of sp³-hybridized carbons (Fsp3) is 0.500. The molecule has 2 atom stereocenters. The van der Waals surface area contributed by atoms with Crippen molar-refractivity contribution in [3.05, 3.63) is 35.9 Å². The first kappa shape index (κ1) is 13.8. The molecule has 1 aromatic rings. The van der Waals surface area contributed by atoms with Crippen molar-refractivity contribution in [3.63, 3.8) is 0 Å². The van der Waals surface area contributed by atoms with E-state index in [0.717, 1.165) is 5.56 Å². The number of likely N-dealkylation sites (tertiary alicyclic amines) is 1. The minimum Gasteiger partial charge on any atom is -0.445 e. The Morgan fingerprint density at radius 3 is 2.84 bits per heavy atom. The fourth-order valence-electron chi connectivity index (χ4n) is 2.32. The minimum absolute atomic E-state index is 0.0560. The third kappa shape index (κ3) is 3.92. The van der Waals surface area contributed by atoms with Crippen LogP contribution in [-0.4, -0.2) is 35.8 Å². The molecule has 0 aromatic heterocycles. The zero-order valence-electron chi connectivity index (χ0n) is 11.0. The standard InChI is InChI=1S/C14H19FN2O2/c1-14(16)7-12(15)8-17(10-14)13(18)19-9-11-5-3-2-4-6-11/h2-6,12H,7-10,16H2,1H3. The second-order valence-electron chi connectivity index (χ2n) is 5.38. The summed E-state index contributed by atoms with van der Waals surface area (Å²) in [6.45, 7) is 2.31. The van der Waals surface area contributed by atoms with Crippen molar-refractivity contribution in [2.75, 3.05) is 13.1 Å².